The van der Waals surface area contributed by atoms with Crippen LogP contribution >= 0.6 is 0 Å². The lowest BCUT2D eigenvalue weighted by Gasteiger charge is -2.34. The molecule has 2 aromatic carbocycles. The minimum atomic E-state index is -1.12. The number of amides is 3. The summed E-state index contributed by atoms with van der Waals surface area (Å²) >= 11 is 0. The Morgan fingerprint density at radius 1 is 1.05 bits per heavy atom. The van der Waals surface area contributed by atoms with E-state index in [0.717, 1.165) is 24.8 Å². The number of unbranched alkanes of at least 4 members (excludes halogenated alkanes) is 3. The van der Waals surface area contributed by atoms with Crippen molar-refractivity contribution in [2.75, 3.05) is 20.2 Å². The van der Waals surface area contributed by atoms with Gasteiger partial charge in [-0.25, -0.2) is 4.79 Å². The van der Waals surface area contributed by atoms with E-state index in [2.05, 4.69) is 24.1 Å². The Bertz CT molecular complexity index is 1240. The molecule has 0 aliphatic rings. The van der Waals surface area contributed by atoms with Crippen LogP contribution in [0.2, 0.25) is 0 Å². The Morgan fingerprint density at radius 3 is 2.35 bits per heavy atom. The van der Waals surface area contributed by atoms with Crippen molar-refractivity contribution in [3.63, 3.8) is 0 Å². The predicted octanol–water partition coefficient (Wildman–Crippen LogP) is 4.91. The molecule has 0 fully saturated rings. The normalized spacial score (nSPS) is 12.4. The molecular formula is C33H45N3O7. The number of carbonyl (C=O) groups is 4. The molecule has 0 radical (unpaired) electrons. The standard InChI is InChI=1S/C33H45N3O7/c1-7-9-10-11-19-36(29(30(39)34-22-28(38)42-6)25-14-12-13-23(8-2)20-25)31(40)27(35-32(41)43-33(3,4)5)21-24-15-17-26(37)18-16-24/h8,12-18,20,27,29,37H,2,7,9-11,19,21-22H2,1,3-6H3,(H,34,39)(H,35,41). The van der Waals surface area contributed by atoms with Gasteiger partial charge in [-0.05, 0) is 62.1 Å². The molecule has 3 amide bonds. The van der Waals surface area contributed by atoms with Crippen molar-refractivity contribution in [2.45, 2.75) is 77.5 Å². The van der Waals surface area contributed by atoms with E-state index in [9.17, 15) is 24.3 Å². The average molecular weight is 596 g/mol. The second-order valence-corrected chi connectivity index (χ2v) is 11.2. The highest BCUT2D eigenvalue weighted by molar-refractivity contribution is 5.93. The number of rotatable bonds is 15. The molecule has 2 unspecified atom stereocenters. The van der Waals surface area contributed by atoms with Gasteiger partial charge in [0.25, 0.3) is 0 Å². The number of aromatic hydroxyl groups is 1. The third-order valence-corrected chi connectivity index (χ3v) is 6.56. The summed E-state index contributed by atoms with van der Waals surface area (Å²) in [4.78, 5) is 54.5. The van der Waals surface area contributed by atoms with Gasteiger partial charge in [0, 0.05) is 13.0 Å². The lowest BCUT2D eigenvalue weighted by Crippen LogP contribution is -2.54. The summed E-state index contributed by atoms with van der Waals surface area (Å²) in [5.41, 5.74) is 1.13. The number of benzene rings is 2. The molecule has 43 heavy (non-hydrogen) atoms. The van der Waals surface area contributed by atoms with Crippen LogP contribution < -0.4 is 10.6 Å². The number of methoxy groups -OCH3 is 1. The van der Waals surface area contributed by atoms with Crippen LogP contribution in [-0.4, -0.2) is 65.7 Å². The molecule has 0 heterocycles. The summed E-state index contributed by atoms with van der Waals surface area (Å²) in [5.74, 6) is -1.65. The van der Waals surface area contributed by atoms with Crippen molar-refractivity contribution in [2.24, 2.45) is 0 Å². The summed E-state index contributed by atoms with van der Waals surface area (Å²) < 4.78 is 10.2. The average Bonchev–Trinajstić information content (AvgIpc) is 2.96. The first-order valence-electron chi connectivity index (χ1n) is 14.5. The van der Waals surface area contributed by atoms with Gasteiger partial charge in [0.15, 0.2) is 0 Å². The van der Waals surface area contributed by atoms with Gasteiger partial charge >= 0.3 is 12.1 Å². The molecule has 2 aromatic rings. The van der Waals surface area contributed by atoms with Crippen LogP contribution in [0.4, 0.5) is 4.79 Å². The number of phenols is 1. The fourth-order valence-corrected chi connectivity index (χ4v) is 4.45. The van der Waals surface area contributed by atoms with Crippen LogP contribution in [0.3, 0.4) is 0 Å². The number of nitrogens with one attached hydrogen (secondary N) is 2. The van der Waals surface area contributed by atoms with Crippen LogP contribution in [0.5, 0.6) is 5.75 Å². The van der Waals surface area contributed by atoms with Gasteiger partial charge in [-0.3, -0.25) is 14.4 Å². The highest BCUT2D eigenvalue weighted by atomic mass is 16.6. The Morgan fingerprint density at radius 2 is 1.74 bits per heavy atom. The lowest BCUT2D eigenvalue weighted by atomic mass is 9.98. The molecule has 0 aliphatic heterocycles. The van der Waals surface area contributed by atoms with Gasteiger partial charge in [-0.1, -0.05) is 69.2 Å². The SMILES string of the molecule is C=Cc1cccc(C(C(=O)NCC(=O)OC)N(CCCCCC)C(=O)C(Cc2ccc(O)cc2)NC(=O)OC(C)(C)C)c1. The first-order valence-corrected chi connectivity index (χ1v) is 14.5. The molecule has 0 aliphatic carbocycles. The van der Waals surface area contributed by atoms with E-state index >= 15 is 0 Å². The zero-order valence-electron chi connectivity index (χ0n) is 25.9. The van der Waals surface area contributed by atoms with Crippen LogP contribution in [0, 0.1) is 0 Å². The fraction of sp³-hybridized carbons (Fsp3) is 0.455. The van der Waals surface area contributed by atoms with Crippen LogP contribution in [0.25, 0.3) is 6.08 Å². The molecular weight excluding hydrogens is 550 g/mol. The predicted molar refractivity (Wildman–Crippen MR) is 165 cm³/mol. The number of alkyl carbamates (subject to hydrolysis) is 1. The van der Waals surface area contributed by atoms with Gasteiger partial charge in [0.05, 0.1) is 7.11 Å². The van der Waals surface area contributed by atoms with Crippen molar-refractivity contribution < 1.29 is 33.8 Å². The van der Waals surface area contributed by atoms with Crippen LogP contribution in [0.15, 0.2) is 55.1 Å². The molecule has 234 valence electrons. The quantitative estimate of drug-likeness (QED) is 0.197. The second kappa shape index (κ2) is 16.9. The molecule has 0 bridgehead atoms. The smallest absolute Gasteiger partial charge is 0.408 e. The third kappa shape index (κ3) is 11.8. The van der Waals surface area contributed by atoms with Crippen molar-refractivity contribution in [1.82, 2.24) is 15.5 Å². The number of hydrogen-bond acceptors (Lipinski definition) is 7. The summed E-state index contributed by atoms with van der Waals surface area (Å²) in [6.45, 7) is 10.9. The molecule has 0 saturated carbocycles. The highest BCUT2D eigenvalue weighted by Crippen LogP contribution is 2.26. The Labute approximate surface area is 254 Å². The number of esters is 1. The first-order chi connectivity index (χ1) is 20.4. The van der Waals surface area contributed by atoms with Crippen molar-refractivity contribution in [3.05, 3.63) is 71.8 Å². The topological polar surface area (TPSA) is 134 Å². The Hall–Kier alpha value is -4.34. The maximum Gasteiger partial charge on any atom is 0.408 e. The molecule has 0 saturated heterocycles. The van der Waals surface area contributed by atoms with Gasteiger partial charge in [0.2, 0.25) is 11.8 Å². The summed E-state index contributed by atoms with van der Waals surface area (Å²) in [5, 5.41) is 15.1. The van der Waals surface area contributed by atoms with E-state index in [1.165, 1.54) is 24.1 Å². The minimum absolute atomic E-state index is 0.0636. The van der Waals surface area contributed by atoms with Gasteiger partial charge in [-0.15, -0.1) is 0 Å². The molecule has 2 atom stereocenters. The number of phenolic OH excluding ortho intramolecular Hbond substituents is 1. The summed E-state index contributed by atoms with van der Waals surface area (Å²) in [6.07, 6.45) is 4.29. The number of nitrogens with zero attached hydrogens (tertiary/aromatic N) is 1. The number of ether oxygens (including phenoxy) is 2. The third-order valence-electron chi connectivity index (χ3n) is 6.56. The lowest BCUT2D eigenvalue weighted by molar-refractivity contribution is -0.144. The van der Waals surface area contributed by atoms with Crippen molar-refractivity contribution >= 4 is 30.0 Å². The first kappa shape index (κ1) is 34.9. The van der Waals surface area contributed by atoms with Crippen molar-refractivity contribution in [3.8, 4) is 5.75 Å². The zero-order valence-corrected chi connectivity index (χ0v) is 25.9. The fourth-order valence-electron chi connectivity index (χ4n) is 4.45. The Balaban J connectivity index is 2.60. The second-order valence-electron chi connectivity index (χ2n) is 11.2. The maximum absolute atomic E-state index is 14.5. The van der Waals surface area contributed by atoms with E-state index in [1.54, 1.807) is 57.2 Å². The van der Waals surface area contributed by atoms with Gasteiger partial charge in [0.1, 0.15) is 30.0 Å². The number of hydrogen-bond donors (Lipinski definition) is 3. The van der Waals surface area contributed by atoms with E-state index in [-0.39, 0.29) is 25.3 Å². The van der Waals surface area contributed by atoms with Crippen molar-refractivity contribution in [1.29, 1.82) is 0 Å². The number of carbonyl (C=O) groups excluding carboxylic acids is 4. The minimum Gasteiger partial charge on any atom is -0.508 e. The van der Waals surface area contributed by atoms with E-state index in [4.69, 9.17) is 9.47 Å². The largest absolute Gasteiger partial charge is 0.508 e. The highest BCUT2D eigenvalue weighted by Gasteiger charge is 2.36. The van der Waals surface area contributed by atoms with Gasteiger partial charge in [-0.2, -0.15) is 0 Å². The van der Waals surface area contributed by atoms with Crippen LogP contribution in [-0.2, 0) is 30.3 Å². The summed E-state index contributed by atoms with van der Waals surface area (Å²) in [6, 6.07) is 11.2. The monoisotopic (exact) mass is 595 g/mol. The summed E-state index contributed by atoms with van der Waals surface area (Å²) in [7, 11) is 1.22. The van der Waals surface area contributed by atoms with E-state index in [0.29, 0.717) is 17.5 Å². The molecule has 0 aromatic heterocycles. The molecule has 0 spiro atoms. The van der Waals surface area contributed by atoms with E-state index < -0.39 is 41.6 Å². The Kier molecular flexibility index (Phi) is 13.7. The molecule has 10 heteroatoms. The van der Waals surface area contributed by atoms with Gasteiger partial charge < -0.3 is 30.1 Å². The maximum atomic E-state index is 14.5. The molecule has 2 rings (SSSR count). The van der Waals surface area contributed by atoms with E-state index in [1.807, 2.05) is 6.07 Å². The molecule has 10 nitrogen and oxygen atoms in total. The zero-order chi connectivity index (χ0) is 32.0. The molecule has 3 N–H and O–H groups in total. The van der Waals surface area contributed by atoms with Crippen LogP contribution in [0.1, 0.15) is 76.1 Å².